The van der Waals surface area contributed by atoms with Crippen molar-refractivity contribution in [3.05, 3.63) is 68.2 Å². The first-order valence-electron chi connectivity index (χ1n) is 8.99. The second-order valence-electron chi connectivity index (χ2n) is 7.11. The van der Waals surface area contributed by atoms with Crippen molar-refractivity contribution in [1.29, 1.82) is 0 Å². The van der Waals surface area contributed by atoms with Crippen molar-refractivity contribution in [2.75, 3.05) is 0 Å². The summed E-state index contributed by atoms with van der Waals surface area (Å²) in [5, 5.41) is 10.6. The fourth-order valence-electron chi connectivity index (χ4n) is 3.16. The number of hydrogen-bond acceptors (Lipinski definition) is 4. The van der Waals surface area contributed by atoms with Gasteiger partial charge in [-0.05, 0) is 41.8 Å². The second-order valence-corrected chi connectivity index (χ2v) is 8.90. The first-order chi connectivity index (χ1) is 13.8. The number of aromatic nitrogens is 4. The van der Waals surface area contributed by atoms with Gasteiger partial charge in [-0.1, -0.05) is 54.9 Å². The standard InChI is InChI=1S/C20H17Cl2FN4OS/c1-11(2)9-26-18(28)15-7-13(21)4-6-17(15)27-19(26)24-25-20(27)29-10-12-3-5-14(23)8-16(12)22/h3-8,11H,9-10H2,1-2H3. The number of nitrogens with zero attached hydrogens (tertiary/aromatic N) is 4. The number of halogens is 3. The molecular formula is C20H17Cl2FN4OS. The number of rotatable bonds is 5. The van der Waals surface area contributed by atoms with Crippen LogP contribution in [0.1, 0.15) is 19.4 Å². The highest BCUT2D eigenvalue weighted by atomic mass is 35.5. The van der Waals surface area contributed by atoms with Gasteiger partial charge in [-0.2, -0.15) is 0 Å². The van der Waals surface area contributed by atoms with Gasteiger partial charge in [0.2, 0.25) is 5.78 Å². The molecule has 0 N–H and O–H groups in total. The minimum Gasteiger partial charge on any atom is -0.276 e. The molecule has 150 valence electrons. The summed E-state index contributed by atoms with van der Waals surface area (Å²) in [7, 11) is 0. The maximum atomic E-state index is 13.3. The predicted molar refractivity (Wildman–Crippen MR) is 116 cm³/mol. The largest absolute Gasteiger partial charge is 0.276 e. The van der Waals surface area contributed by atoms with E-state index in [1.807, 2.05) is 18.2 Å². The fourth-order valence-corrected chi connectivity index (χ4v) is 4.59. The van der Waals surface area contributed by atoms with E-state index < -0.39 is 0 Å². The highest BCUT2D eigenvalue weighted by Crippen LogP contribution is 2.28. The van der Waals surface area contributed by atoms with E-state index in [0.29, 0.717) is 44.2 Å². The summed E-state index contributed by atoms with van der Waals surface area (Å²) in [6.07, 6.45) is 0. The molecule has 0 aliphatic carbocycles. The van der Waals surface area contributed by atoms with E-state index >= 15 is 0 Å². The molecule has 2 heterocycles. The van der Waals surface area contributed by atoms with E-state index in [4.69, 9.17) is 23.2 Å². The average molecular weight is 451 g/mol. The molecule has 0 saturated carbocycles. The monoisotopic (exact) mass is 450 g/mol. The summed E-state index contributed by atoms with van der Waals surface area (Å²) in [6.45, 7) is 4.58. The second kappa shape index (κ2) is 7.97. The smallest absolute Gasteiger partial charge is 0.262 e. The van der Waals surface area contributed by atoms with Crippen molar-refractivity contribution in [3.63, 3.8) is 0 Å². The van der Waals surface area contributed by atoms with Crippen LogP contribution in [0.4, 0.5) is 4.39 Å². The third-order valence-corrected chi connectivity index (χ3v) is 6.02. The van der Waals surface area contributed by atoms with Crippen LogP contribution in [0, 0.1) is 11.7 Å². The van der Waals surface area contributed by atoms with E-state index in [9.17, 15) is 9.18 Å². The van der Waals surface area contributed by atoms with Gasteiger partial charge in [0.25, 0.3) is 5.56 Å². The maximum absolute atomic E-state index is 13.3. The Morgan fingerprint density at radius 3 is 2.66 bits per heavy atom. The van der Waals surface area contributed by atoms with Crippen LogP contribution >= 0.6 is 35.0 Å². The Labute approximate surface area is 180 Å². The molecule has 0 fully saturated rings. The van der Waals surface area contributed by atoms with Crippen molar-refractivity contribution >= 4 is 51.6 Å². The zero-order valence-corrected chi connectivity index (χ0v) is 18.0. The Hall–Kier alpha value is -2.09. The molecular weight excluding hydrogens is 434 g/mol. The molecule has 0 amide bonds. The van der Waals surface area contributed by atoms with E-state index in [0.717, 1.165) is 5.56 Å². The third-order valence-electron chi connectivity index (χ3n) is 4.45. The Bertz CT molecular complexity index is 1290. The summed E-state index contributed by atoms with van der Waals surface area (Å²) in [4.78, 5) is 13.1. The minimum absolute atomic E-state index is 0.144. The molecule has 2 aromatic carbocycles. The van der Waals surface area contributed by atoms with Crippen LogP contribution in [0.3, 0.4) is 0 Å². The summed E-state index contributed by atoms with van der Waals surface area (Å²) < 4.78 is 16.8. The SMILES string of the molecule is CC(C)Cn1c(=O)c2cc(Cl)ccc2n2c(SCc3ccc(F)cc3Cl)nnc12. The molecule has 4 aromatic rings. The van der Waals surface area contributed by atoms with Crippen LogP contribution < -0.4 is 5.56 Å². The summed E-state index contributed by atoms with van der Waals surface area (Å²) in [5.41, 5.74) is 1.33. The fraction of sp³-hybridized carbons (Fsp3) is 0.250. The summed E-state index contributed by atoms with van der Waals surface area (Å²) in [6, 6.07) is 9.52. The third kappa shape index (κ3) is 3.86. The number of thioether (sulfide) groups is 1. The number of benzene rings is 2. The molecule has 2 aromatic heterocycles. The van der Waals surface area contributed by atoms with Gasteiger partial charge in [0, 0.05) is 22.3 Å². The van der Waals surface area contributed by atoms with Gasteiger partial charge in [-0.3, -0.25) is 13.8 Å². The van der Waals surface area contributed by atoms with Crippen molar-refractivity contribution in [1.82, 2.24) is 19.2 Å². The molecule has 0 atom stereocenters. The molecule has 29 heavy (non-hydrogen) atoms. The Morgan fingerprint density at radius 1 is 1.14 bits per heavy atom. The molecule has 0 aliphatic rings. The first kappa shape index (κ1) is 20.2. The van der Waals surface area contributed by atoms with Crippen LogP contribution in [0.5, 0.6) is 0 Å². The lowest BCUT2D eigenvalue weighted by Gasteiger charge is -2.13. The maximum Gasteiger partial charge on any atom is 0.262 e. The van der Waals surface area contributed by atoms with Gasteiger partial charge >= 0.3 is 0 Å². The highest BCUT2D eigenvalue weighted by Gasteiger charge is 2.18. The van der Waals surface area contributed by atoms with Gasteiger partial charge in [0.15, 0.2) is 5.16 Å². The van der Waals surface area contributed by atoms with Gasteiger partial charge in [-0.15, -0.1) is 10.2 Å². The van der Waals surface area contributed by atoms with E-state index in [1.54, 1.807) is 28.8 Å². The molecule has 0 saturated heterocycles. The van der Waals surface area contributed by atoms with E-state index in [1.165, 1.54) is 23.9 Å². The predicted octanol–water partition coefficient (Wildman–Crippen LogP) is 5.44. The van der Waals surface area contributed by atoms with Gasteiger partial charge < -0.3 is 0 Å². The molecule has 0 bridgehead atoms. The van der Waals surface area contributed by atoms with Gasteiger partial charge in [0.1, 0.15) is 5.82 Å². The number of fused-ring (bicyclic) bond motifs is 3. The molecule has 4 rings (SSSR count). The van der Waals surface area contributed by atoms with Crippen molar-refractivity contribution < 1.29 is 4.39 Å². The van der Waals surface area contributed by atoms with Crippen molar-refractivity contribution in [2.24, 2.45) is 5.92 Å². The highest BCUT2D eigenvalue weighted by molar-refractivity contribution is 7.98. The average Bonchev–Trinajstić information content (AvgIpc) is 3.08. The van der Waals surface area contributed by atoms with Crippen molar-refractivity contribution in [2.45, 2.75) is 31.3 Å². The minimum atomic E-state index is -0.378. The van der Waals surface area contributed by atoms with Crippen LogP contribution in [0.15, 0.2) is 46.3 Å². The topological polar surface area (TPSA) is 52.2 Å². The zero-order valence-electron chi connectivity index (χ0n) is 15.7. The van der Waals surface area contributed by atoms with Crippen molar-refractivity contribution in [3.8, 4) is 0 Å². The van der Waals surface area contributed by atoms with Gasteiger partial charge in [0.05, 0.1) is 10.9 Å². The van der Waals surface area contributed by atoms with Gasteiger partial charge in [-0.25, -0.2) is 4.39 Å². The van der Waals surface area contributed by atoms with E-state index in [2.05, 4.69) is 10.2 Å². The Balaban J connectivity index is 1.86. The summed E-state index contributed by atoms with van der Waals surface area (Å²) >= 11 is 13.7. The van der Waals surface area contributed by atoms with Crippen LogP contribution in [-0.2, 0) is 12.3 Å². The molecule has 0 spiro atoms. The molecule has 0 unspecified atom stereocenters. The van der Waals surface area contributed by atoms with E-state index in [-0.39, 0.29) is 17.3 Å². The summed E-state index contributed by atoms with van der Waals surface area (Å²) in [5.74, 6) is 0.834. The molecule has 0 aliphatic heterocycles. The Morgan fingerprint density at radius 2 is 1.93 bits per heavy atom. The molecule has 5 nitrogen and oxygen atoms in total. The molecule has 0 radical (unpaired) electrons. The first-order valence-corrected chi connectivity index (χ1v) is 10.7. The lowest BCUT2D eigenvalue weighted by Crippen LogP contribution is -2.25. The number of hydrogen-bond donors (Lipinski definition) is 0. The molecule has 9 heteroatoms. The van der Waals surface area contributed by atoms with Crippen LogP contribution in [0.2, 0.25) is 10.0 Å². The van der Waals surface area contributed by atoms with Crippen LogP contribution in [-0.4, -0.2) is 19.2 Å². The zero-order chi connectivity index (χ0) is 20.7. The lowest BCUT2D eigenvalue weighted by molar-refractivity contribution is 0.517. The lowest BCUT2D eigenvalue weighted by atomic mass is 10.2. The quantitative estimate of drug-likeness (QED) is 0.380. The normalized spacial score (nSPS) is 11.8. The Kier molecular flexibility index (Phi) is 5.55. The van der Waals surface area contributed by atoms with Crippen LogP contribution in [0.25, 0.3) is 16.7 Å².